The van der Waals surface area contributed by atoms with Crippen molar-refractivity contribution in [2.75, 3.05) is 13.1 Å². The Morgan fingerprint density at radius 3 is 2.33 bits per heavy atom. The third-order valence-electron chi connectivity index (χ3n) is 10.6. The van der Waals surface area contributed by atoms with Gasteiger partial charge in [-0.05, 0) is 80.0 Å². The second-order valence-corrected chi connectivity index (χ2v) is 17.7. The van der Waals surface area contributed by atoms with Gasteiger partial charge in [0.2, 0.25) is 5.91 Å². The van der Waals surface area contributed by atoms with Crippen LogP contribution in [0.2, 0.25) is 0 Å². The first-order valence-corrected chi connectivity index (χ1v) is 19.6. The molecule has 5 rings (SSSR count). The molecule has 0 bridgehead atoms. The van der Waals surface area contributed by atoms with Crippen LogP contribution in [-0.2, 0) is 17.6 Å². The van der Waals surface area contributed by atoms with Crippen molar-refractivity contribution < 1.29 is 4.79 Å². The second-order valence-electron chi connectivity index (χ2n) is 15.3. The van der Waals surface area contributed by atoms with Gasteiger partial charge < -0.3 is 20.3 Å². The van der Waals surface area contributed by atoms with Crippen molar-refractivity contribution in [1.82, 2.24) is 20.3 Å². The van der Waals surface area contributed by atoms with Crippen LogP contribution < -0.4 is 15.4 Å². The molecule has 0 radical (unpaired) electrons. The number of hydrogen-bond donors (Lipinski definition) is 3. The van der Waals surface area contributed by atoms with E-state index in [0.717, 1.165) is 60.6 Å². The summed E-state index contributed by atoms with van der Waals surface area (Å²) in [5.41, 5.74) is 4.79. The SMILES string of the molecule is C=CC1C[C@]1(NC(=O)C12CC1CN(C(=C)[C@@H](NC(=C)CC(C)C)C(C)C)C2)/C(=C/C)NS(=C)(=C)c1cccc(CCc2ccccc2)c1. The van der Waals surface area contributed by atoms with Crippen molar-refractivity contribution >= 4 is 27.0 Å². The average molecular weight is 667 g/mol. The number of hydrogen-bond acceptors (Lipinski definition) is 4. The van der Waals surface area contributed by atoms with Gasteiger partial charge in [0.1, 0.15) is 0 Å². The third-order valence-corrected chi connectivity index (χ3v) is 12.4. The molecule has 1 heterocycles. The predicted octanol–water partition coefficient (Wildman–Crippen LogP) is 7.98. The fourth-order valence-corrected chi connectivity index (χ4v) is 9.19. The molecule has 0 spiro atoms. The summed E-state index contributed by atoms with van der Waals surface area (Å²) in [6.07, 6.45) is 8.68. The molecule has 48 heavy (non-hydrogen) atoms. The predicted molar refractivity (Wildman–Crippen MR) is 208 cm³/mol. The van der Waals surface area contributed by atoms with Crippen LogP contribution in [0.3, 0.4) is 0 Å². The fraction of sp³-hybridized carbons (Fsp3) is 0.452. The maximum absolute atomic E-state index is 14.3. The first-order chi connectivity index (χ1) is 22.7. The molecule has 258 valence electrons. The Bertz CT molecular complexity index is 1670. The minimum absolute atomic E-state index is 0.0923. The van der Waals surface area contributed by atoms with E-state index in [0.29, 0.717) is 24.3 Å². The van der Waals surface area contributed by atoms with Crippen molar-refractivity contribution in [3.8, 4) is 0 Å². The van der Waals surface area contributed by atoms with E-state index < -0.39 is 14.9 Å². The van der Waals surface area contributed by atoms with Crippen molar-refractivity contribution in [3.05, 3.63) is 115 Å². The van der Waals surface area contributed by atoms with Crippen LogP contribution in [0, 0.1) is 29.1 Å². The van der Waals surface area contributed by atoms with Gasteiger partial charge in [-0.25, -0.2) is 0 Å². The Morgan fingerprint density at radius 2 is 1.71 bits per heavy atom. The van der Waals surface area contributed by atoms with Crippen LogP contribution in [0.25, 0.3) is 0 Å². The number of likely N-dealkylation sites (tertiary alicyclic amines) is 1. The number of nitrogens with one attached hydrogen (secondary N) is 3. The van der Waals surface area contributed by atoms with Gasteiger partial charge in [-0.3, -0.25) is 4.79 Å². The Morgan fingerprint density at radius 1 is 1.02 bits per heavy atom. The quantitative estimate of drug-likeness (QED) is 0.118. The van der Waals surface area contributed by atoms with Gasteiger partial charge in [0.05, 0.1) is 17.0 Å². The van der Waals surface area contributed by atoms with E-state index in [1.807, 2.05) is 13.0 Å². The highest BCUT2D eigenvalue weighted by Gasteiger charge is 2.68. The van der Waals surface area contributed by atoms with E-state index in [1.54, 1.807) is 0 Å². The van der Waals surface area contributed by atoms with Crippen LogP contribution in [0.1, 0.15) is 65.0 Å². The highest BCUT2D eigenvalue weighted by atomic mass is 32.2. The van der Waals surface area contributed by atoms with Crippen LogP contribution in [-0.4, -0.2) is 47.2 Å². The zero-order chi connectivity index (χ0) is 34.9. The van der Waals surface area contributed by atoms with E-state index in [4.69, 9.17) is 0 Å². The van der Waals surface area contributed by atoms with Crippen LogP contribution in [0.5, 0.6) is 0 Å². The summed E-state index contributed by atoms with van der Waals surface area (Å²) >= 11 is 0. The van der Waals surface area contributed by atoms with E-state index in [1.165, 1.54) is 11.1 Å². The number of fused-ring (bicyclic) bond motifs is 1. The molecule has 1 aliphatic heterocycles. The van der Waals surface area contributed by atoms with Gasteiger partial charge in [-0.2, -0.15) is 0 Å². The summed E-state index contributed by atoms with van der Waals surface area (Å²) in [7, 11) is -1.90. The molecule has 2 saturated carbocycles. The Labute approximate surface area is 291 Å². The maximum atomic E-state index is 14.3. The van der Waals surface area contributed by atoms with Crippen molar-refractivity contribution in [3.63, 3.8) is 0 Å². The van der Waals surface area contributed by atoms with Gasteiger partial charge in [0.15, 0.2) is 0 Å². The number of rotatable bonds is 17. The van der Waals surface area contributed by atoms with Crippen LogP contribution in [0.4, 0.5) is 0 Å². The zero-order valence-corrected chi connectivity index (χ0v) is 30.8. The molecule has 3 fully saturated rings. The number of aryl methyl sites for hydroxylation is 2. The van der Waals surface area contributed by atoms with E-state index in [2.05, 4.69) is 140 Å². The first-order valence-electron chi connectivity index (χ1n) is 17.6. The van der Waals surface area contributed by atoms with E-state index in [-0.39, 0.29) is 23.3 Å². The first kappa shape index (κ1) is 35.7. The monoisotopic (exact) mass is 666 g/mol. The lowest BCUT2D eigenvalue weighted by Gasteiger charge is -2.35. The summed E-state index contributed by atoms with van der Waals surface area (Å²) < 4.78 is 3.75. The molecule has 2 aromatic rings. The highest BCUT2D eigenvalue weighted by Crippen LogP contribution is 2.60. The van der Waals surface area contributed by atoms with Gasteiger partial charge in [-0.1, -0.05) is 107 Å². The van der Waals surface area contributed by atoms with Crippen LogP contribution in [0.15, 0.2) is 108 Å². The normalized spacial score (nSPS) is 25.3. The van der Waals surface area contributed by atoms with Gasteiger partial charge in [0.25, 0.3) is 0 Å². The Kier molecular flexibility index (Phi) is 10.5. The largest absolute Gasteiger partial charge is 0.380 e. The summed E-state index contributed by atoms with van der Waals surface area (Å²) in [6, 6.07) is 19.3. The summed E-state index contributed by atoms with van der Waals surface area (Å²) in [6.45, 7) is 25.4. The Hall–Kier alpha value is -3.64. The Balaban J connectivity index is 1.26. The standard InChI is InChI=1S/C42H58N4OS/c1-11-35-26-42(35,38(12-2)45-48(9,10)37-20-16-19-34(24-37)22-21-33-17-14-13-15-18-33)44-40(47)41-25-36(41)27-46(28-41)32(8)39(30(5)6)43-31(7)23-29(3)4/h11-20,24,29-30,35-36,39,43,45H,1,7-10,21-23,25-28H2,2-6H3,(H,44,47)/b38-12-/t35?,36?,39-,41?,42+/m0/s1. The molecular weight excluding hydrogens is 609 g/mol. The van der Waals surface area contributed by atoms with Crippen molar-refractivity contribution in [2.45, 2.75) is 83.2 Å². The van der Waals surface area contributed by atoms with Crippen molar-refractivity contribution in [2.24, 2.45) is 29.1 Å². The third kappa shape index (κ3) is 7.49. The number of carbonyl (C=O) groups excluding carboxylic acids is 1. The number of benzene rings is 2. The summed E-state index contributed by atoms with van der Waals surface area (Å²) in [4.78, 5) is 17.7. The molecule has 1 saturated heterocycles. The molecule has 3 unspecified atom stereocenters. The number of nitrogens with zero attached hydrogens (tertiary/aromatic N) is 1. The lowest BCUT2D eigenvalue weighted by Crippen LogP contribution is -2.48. The topological polar surface area (TPSA) is 56.4 Å². The minimum Gasteiger partial charge on any atom is -0.380 e. The molecule has 3 aliphatic rings. The molecule has 1 amide bonds. The molecule has 0 aromatic heterocycles. The summed E-state index contributed by atoms with van der Waals surface area (Å²) in [5.74, 6) is 10.7. The van der Waals surface area contributed by atoms with Gasteiger partial charge in [0, 0.05) is 41.0 Å². The smallest absolute Gasteiger partial charge is 0.229 e. The molecule has 6 heteroatoms. The maximum Gasteiger partial charge on any atom is 0.229 e. The fourth-order valence-electron chi connectivity index (χ4n) is 7.63. The number of piperidine rings is 1. The molecule has 5 nitrogen and oxygen atoms in total. The molecule has 5 atom stereocenters. The number of carbonyl (C=O) groups is 1. The lowest BCUT2D eigenvalue weighted by atomic mass is 9.98. The number of allylic oxidation sites excluding steroid dienone is 2. The van der Waals surface area contributed by atoms with E-state index in [9.17, 15) is 4.79 Å². The zero-order valence-electron chi connectivity index (χ0n) is 30.0. The second kappa shape index (κ2) is 14.1. The lowest BCUT2D eigenvalue weighted by molar-refractivity contribution is -0.127. The molecule has 2 aliphatic carbocycles. The van der Waals surface area contributed by atoms with Gasteiger partial charge >= 0.3 is 0 Å². The molecule has 2 aromatic carbocycles. The van der Waals surface area contributed by atoms with Crippen molar-refractivity contribution in [1.29, 1.82) is 0 Å². The highest BCUT2D eigenvalue weighted by molar-refractivity contribution is 8.26. The molecular formula is C42H58N4OS. The van der Waals surface area contributed by atoms with E-state index >= 15 is 0 Å². The average Bonchev–Trinajstić information content (AvgIpc) is 3.92. The minimum atomic E-state index is -1.90. The van der Waals surface area contributed by atoms with Gasteiger partial charge in [-0.15, -0.1) is 16.0 Å². The van der Waals surface area contributed by atoms with Crippen LogP contribution >= 0.6 is 9.39 Å². The summed E-state index contributed by atoms with van der Waals surface area (Å²) in [5, 5.41) is 7.22. The molecule has 3 N–H and O–H groups in total. The number of amides is 1.